The van der Waals surface area contributed by atoms with Crippen molar-refractivity contribution in [3.05, 3.63) is 35.9 Å². The predicted molar refractivity (Wildman–Crippen MR) is 90.4 cm³/mol. The van der Waals surface area contributed by atoms with Gasteiger partial charge in [0, 0.05) is 19.0 Å². The molecule has 0 aromatic carbocycles. The standard InChI is InChI=1S/C18H22F2N4O/c1-11-7-14(16-9-21-10-24(16)2)23-15(8-11)18(25)22-13-5-3-12(4-6-13)17(19)20/h7-10,12-13,17H,3-6H2,1-2H3,(H,22,25). The molecule has 134 valence electrons. The normalized spacial score (nSPS) is 20.7. The molecule has 25 heavy (non-hydrogen) atoms. The lowest BCUT2D eigenvalue weighted by Crippen LogP contribution is -2.39. The molecule has 0 saturated heterocycles. The van der Waals surface area contributed by atoms with Crippen LogP contribution in [0.15, 0.2) is 24.7 Å². The quantitative estimate of drug-likeness (QED) is 0.922. The topological polar surface area (TPSA) is 59.8 Å². The van der Waals surface area contributed by atoms with E-state index in [4.69, 9.17) is 0 Å². The molecule has 1 aliphatic rings. The average Bonchev–Trinajstić information content (AvgIpc) is 3.01. The minimum Gasteiger partial charge on any atom is -0.348 e. The number of carbonyl (C=O) groups is 1. The second kappa shape index (κ2) is 7.29. The molecule has 5 nitrogen and oxygen atoms in total. The molecule has 0 aliphatic heterocycles. The molecule has 0 unspecified atom stereocenters. The molecular formula is C18H22F2N4O. The van der Waals surface area contributed by atoms with Crippen LogP contribution in [0.1, 0.15) is 41.7 Å². The molecule has 2 heterocycles. The second-order valence-electron chi connectivity index (χ2n) is 6.72. The van der Waals surface area contributed by atoms with Gasteiger partial charge in [0.15, 0.2) is 0 Å². The van der Waals surface area contributed by atoms with Crippen molar-refractivity contribution in [3.63, 3.8) is 0 Å². The summed E-state index contributed by atoms with van der Waals surface area (Å²) < 4.78 is 27.3. The Labute approximate surface area is 145 Å². The first-order chi connectivity index (χ1) is 11.9. The van der Waals surface area contributed by atoms with Crippen LogP contribution < -0.4 is 5.32 Å². The monoisotopic (exact) mass is 348 g/mol. The number of alkyl halides is 2. The first kappa shape index (κ1) is 17.5. The molecule has 1 saturated carbocycles. The summed E-state index contributed by atoms with van der Waals surface area (Å²) in [4.78, 5) is 21.1. The number of pyridine rings is 1. The Balaban J connectivity index is 1.71. The van der Waals surface area contributed by atoms with Crippen molar-refractivity contribution in [1.82, 2.24) is 19.9 Å². The number of imidazole rings is 1. The summed E-state index contributed by atoms with van der Waals surface area (Å²) in [5.41, 5.74) is 2.78. The SMILES string of the molecule is Cc1cc(C(=O)NC2CCC(C(F)F)CC2)nc(-c2cncn2C)c1. The van der Waals surface area contributed by atoms with Crippen LogP contribution in [0, 0.1) is 12.8 Å². The Morgan fingerprint density at radius 3 is 2.60 bits per heavy atom. The number of aromatic nitrogens is 3. The Morgan fingerprint density at radius 1 is 1.28 bits per heavy atom. The zero-order valence-electron chi connectivity index (χ0n) is 14.4. The van der Waals surface area contributed by atoms with E-state index in [9.17, 15) is 13.6 Å². The van der Waals surface area contributed by atoms with E-state index in [0.29, 0.717) is 37.1 Å². The van der Waals surface area contributed by atoms with Gasteiger partial charge in [0.25, 0.3) is 5.91 Å². The van der Waals surface area contributed by atoms with Crippen molar-refractivity contribution in [1.29, 1.82) is 0 Å². The van der Waals surface area contributed by atoms with Crippen molar-refractivity contribution in [2.75, 3.05) is 0 Å². The molecule has 0 spiro atoms. The number of nitrogens with zero attached hydrogens (tertiary/aromatic N) is 3. The number of hydrogen-bond acceptors (Lipinski definition) is 3. The average molecular weight is 348 g/mol. The van der Waals surface area contributed by atoms with Crippen molar-refractivity contribution in [2.24, 2.45) is 13.0 Å². The molecule has 0 atom stereocenters. The van der Waals surface area contributed by atoms with Gasteiger partial charge < -0.3 is 9.88 Å². The highest BCUT2D eigenvalue weighted by Crippen LogP contribution is 2.29. The molecule has 1 N–H and O–H groups in total. The molecule has 3 rings (SSSR count). The largest absolute Gasteiger partial charge is 0.348 e. The molecular weight excluding hydrogens is 326 g/mol. The van der Waals surface area contributed by atoms with Crippen LogP contribution in [-0.4, -0.2) is 32.9 Å². The van der Waals surface area contributed by atoms with Gasteiger partial charge in [0.1, 0.15) is 5.69 Å². The molecule has 1 aliphatic carbocycles. The number of aryl methyl sites for hydroxylation is 2. The Kier molecular flexibility index (Phi) is 5.11. The number of amides is 1. The summed E-state index contributed by atoms with van der Waals surface area (Å²) in [6.07, 6.45) is 3.18. The van der Waals surface area contributed by atoms with Gasteiger partial charge in [0.05, 0.1) is 23.9 Å². The van der Waals surface area contributed by atoms with E-state index in [0.717, 1.165) is 11.3 Å². The van der Waals surface area contributed by atoms with Gasteiger partial charge in [-0.3, -0.25) is 4.79 Å². The lowest BCUT2D eigenvalue weighted by Gasteiger charge is -2.28. The van der Waals surface area contributed by atoms with Crippen molar-refractivity contribution < 1.29 is 13.6 Å². The van der Waals surface area contributed by atoms with Gasteiger partial charge in [-0.05, 0) is 50.3 Å². The third kappa shape index (κ3) is 4.03. The number of hydrogen-bond donors (Lipinski definition) is 1. The van der Waals surface area contributed by atoms with Crippen LogP contribution in [0.3, 0.4) is 0 Å². The third-order valence-corrected chi connectivity index (χ3v) is 4.74. The van der Waals surface area contributed by atoms with Crippen LogP contribution in [0.5, 0.6) is 0 Å². The Hall–Kier alpha value is -2.31. The molecule has 7 heteroatoms. The number of halogens is 2. The maximum Gasteiger partial charge on any atom is 0.270 e. The zero-order valence-corrected chi connectivity index (χ0v) is 14.4. The molecule has 2 aromatic rings. The summed E-state index contributed by atoms with van der Waals surface area (Å²) in [7, 11) is 1.87. The smallest absolute Gasteiger partial charge is 0.270 e. The van der Waals surface area contributed by atoms with Crippen molar-refractivity contribution >= 4 is 5.91 Å². The van der Waals surface area contributed by atoms with E-state index in [1.807, 2.05) is 24.6 Å². The lowest BCUT2D eigenvalue weighted by atomic mass is 9.86. The van der Waals surface area contributed by atoms with Crippen molar-refractivity contribution in [2.45, 2.75) is 45.1 Å². The fourth-order valence-electron chi connectivity index (χ4n) is 3.29. The first-order valence-corrected chi connectivity index (χ1v) is 8.48. The van der Waals surface area contributed by atoms with Gasteiger partial charge in [-0.25, -0.2) is 18.7 Å². The van der Waals surface area contributed by atoms with E-state index in [1.165, 1.54) is 0 Å². The summed E-state index contributed by atoms with van der Waals surface area (Å²) in [5.74, 6) is -0.797. The van der Waals surface area contributed by atoms with Crippen molar-refractivity contribution in [3.8, 4) is 11.4 Å². The minimum absolute atomic E-state index is 0.0648. The van der Waals surface area contributed by atoms with Crippen LogP contribution in [0.2, 0.25) is 0 Å². The molecule has 2 aromatic heterocycles. The van der Waals surface area contributed by atoms with Crippen LogP contribution in [-0.2, 0) is 7.05 Å². The fourth-order valence-corrected chi connectivity index (χ4v) is 3.29. The summed E-state index contributed by atoms with van der Waals surface area (Å²) >= 11 is 0. The van der Waals surface area contributed by atoms with E-state index in [2.05, 4.69) is 15.3 Å². The lowest BCUT2D eigenvalue weighted by molar-refractivity contribution is 0.0499. The third-order valence-electron chi connectivity index (χ3n) is 4.74. The minimum atomic E-state index is -2.27. The van der Waals surface area contributed by atoms with E-state index in [1.54, 1.807) is 18.6 Å². The second-order valence-corrected chi connectivity index (χ2v) is 6.72. The molecule has 0 radical (unpaired) electrons. The van der Waals surface area contributed by atoms with Crippen LogP contribution in [0.4, 0.5) is 8.78 Å². The van der Waals surface area contributed by atoms with Gasteiger partial charge in [0.2, 0.25) is 6.43 Å². The molecule has 0 bridgehead atoms. The highest BCUT2D eigenvalue weighted by atomic mass is 19.3. The van der Waals surface area contributed by atoms with Crippen LogP contribution in [0.25, 0.3) is 11.4 Å². The van der Waals surface area contributed by atoms with Gasteiger partial charge in [-0.1, -0.05) is 0 Å². The maximum atomic E-state index is 12.7. The highest BCUT2D eigenvalue weighted by molar-refractivity contribution is 5.93. The van der Waals surface area contributed by atoms with E-state index < -0.39 is 12.3 Å². The first-order valence-electron chi connectivity index (χ1n) is 8.48. The number of rotatable bonds is 4. The summed E-state index contributed by atoms with van der Waals surface area (Å²) in [6, 6.07) is 3.58. The van der Waals surface area contributed by atoms with Gasteiger partial charge >= 0.3 is 0 Å². The predicted octanol–water partition coefficient (Wildman–Crippen LogP) is 3.34. The maximum absolute atomic E-state index is 12.7. The fraction of sp³-hybridized carbons (Fsp3) is 0.500. The summed E-state index contributed by atoms with van der Waals surface area (Å²) in [5, 5.41) is 2.94. The Morgan fingerprint density at radius 2 is 2.00 bits per heavy atom. The summed E-state index contributed by atoms with van der Waals surface area (Å²) in [6.45, 7) is 1.91. The van der Waals surface area contributed by atoms with Gasteiger partial charge in [-0.2, -0.15) is 0 Å². The molecule has 1 fully saturated rings. The Bertz CT molecular complexity index is 751. The van der Waals surface area contributed by atoms with E-state index in [-0.39, 0.29) is 11.9 Å². The highest BCUT2D eigenvalue weighted by Gasteiger charge is 2.28. The number of carbonyl (C=O) groups excluding carboxylic acids is 1. The van der Waals surface area contributed by atoms with Gasteiger partial charge in [-0.15, -0.1) is 0 Å². The van der Waals surface area contributed by atoms with E-state index >= 15 is 0 Å². The number of nitrogens with one attached hydrogen (secondary N) is 1. The molecule has 1 amide bonds. The van der Waals surface area contributed by atoms with Crippen LogP contribution >= 0.6 is 0 Å². The zero-order chi connectivity index (χ0) is 18.0.